The maximum Gasteiger partial charge on any atom is 0.337 e. The third kappa shape index (κ3) is 2.27. The summed E-state index contributed by atoms with van der Waals surface area (Å²) in [5.74, 6) is -0.294. The molecular weight excluding hydrogens is 254 g/mol. The topological polar surface area (TPSA) is 47.4 Å². The molecule has 1 aliphatic rings. The number of hydrogen-bond donors (Lipinski definition) is 0. The molecule has 0 saturated carbocycles. The fourth-order valence-corrected chi connectivity index (χ4v) is 2.60. The molecule has 0 atom stereocenters. The minimum Gasteiger partial charge on any atom is -0.465 e. The Morgan fingerprint density at radius 2 is 2.30 bits per heavy atom. The number of nitrogens with zero attached hydrogens (tertiary/aromatic N) is 3. The summed E-state index contributed by atoms with van der Waals surface area (Å²) in [6, 6.07) is 5.76. The number of imidazole rings is 1. The Bertz CT molecular complexity index is 648. The van der Waals surface area contributed by atoms with Crippen molar-refractivity contribution < 1.29 is 9.53 Å². The summed E-state index contributed by atoms with van der Waals surface area (Å²) < 4.78 is 6.72. The van der Waals surface area contributed by atoms with E-state index >= 15 is 0 Å². The first kappa shape index (κ1) is 12.7. The van der Waals surface area contributed by atoms with E-state index in [9.17, 15) is 4.79 Å². The maximum atomic E-state index is 11.6. The molecule has 3 rings (SSSR count). The standard InChI is InChI=1S/C15H17N3O2/c1-17-8-13(16-10-17)9-18-6-5-11-3-4-12(7-14(11)18)15(19)20-2/h3-4,7-8,10H,5-6,9H2,1-2H3. The molecule has 0 aliphatic carbocycles. The fraction of sp³-hybridized carbons (Fsp3) is 0.333. The van der Waals surface area contributed by atoms with Gasteiger partial charge in [-0.2, -0.15) is 0 Å². The van der Waals surface area contributed by atoms with Crippen molar-refractivity contribution in [1.82, 2.24) is 9.55 Å². The number of methoxy groups -OCH3 is 1. The van der Waals surface area contributed by atoms with Gasteiger partial charge in [0.2, 0.25) is 0 Å². The van der Waals surface area contributed by atoms with Crippen LogP contribution in [0.1, 0.15) is 21.6 Å². The Kier molecular flexibility index (Phi) is 3.18. The lowest BCUT2D eigenvalue weighted by atomic mass is 10.1. The highest BCUT2D eigenvalue weighted by atomic mass is 16.5. The molecule has 0 spiro atoms. The van der Waals surface area contributed by atoms with E-state index in [-0.39, 0.29) is 5.97 Å². The van der Waals surface area contributed by atoms with Crippen LogP contribution in [0.25, 0.3) is 0 Å². The molecule has 1 aromatic carbocycles. The average Bonchev–Trinajstić information content (AvgIpc) is 3.05. The number of rotatable bonds is 3. The number of carbonyl (C=O) groups is 1. The quantitative estimate of drug-likeness (QED) is 0.798. The minimum absolute atomic E-state index is 0.294. The van der Waals surface area contributed by atoms with Crippen LogP contribution in [0.4, 0.5) is 5.69 Å². The SMILES string of the molecule is COC(=O)c1ccc2c(c1)N(Cc1cn(C)cn1)CC2. The molecule has 104 valence electrons. The van der Waals surface area contributed by atoms with Crippen molar-refractivity contribution in [2.24, 2.45) is 7.05 Å². The third-order valence-corrected chi connectivity index (χ3v) is 3.61. The van der Waals surface area contributed by atoms with Crippen LogP contribution < -0.4 is 4.90 Å². The first-order chi connectivity index (χ1) is 9.67. The fourth-order valence-electron chi connectivity index (χ4n) is 2.60. The van der Waals surface area contributed by atoms with E-state index in [2.05, 4.69) is 9.88 Å². The van der Waals surface area contributed by atoms with Crippen molar-refractivity contribution in [3.8, 4) is 0 Å². The summed E-state index contributed by atoms with van der Waals surface area (Å²) in [7, 11) is 3.37. The second kappa shape index (κ2) is 5.00. The molecule has 0 bridgehead atoms. The van der Waals surface area contributed by atoms with Crippen LogP contribution in [0, 0.1) is 0 Å². The third-order valence-electron chi connectivity index (χ3n) is 3.61. The van der Waals surface area contributed by atoms with E-state index in [1.807, 2.05) is 36.0 Å². The molecule has 0 saturated heterocycles. The Balaban J connectivity index is 1.86. The zero-order valence-corrected chi connectivity index (χ0v) is 11.7. The van der Waals surface area contributed by atoms with Crippen LogP contribution in [0.3, 0.4) is 0 Å². The van der Waals surface area contributed by atoms with Crippen LogP contribution in [0.15, 0.2) is 30.7 Å². The van der Waals surface area contributed by atoms with Crippen LogP contribution in [0.5, 0.6) is 0 Å². The summed E-state index contributed by atoms with van der Waals surface area (Å²) in [5, 5.41) is 0. The molecule has 0 amide bonds. The van der Waals surface area contributed by atoms with Crippen LogP contribution in [-0.2, 0) is 24.8 Å². The number of ether oxygens (including phenoxy) is 1. The second-order valence-corrected chi connectivity index (χ2v) is 5.04. The summed E-state index contributed by atoms with van der Waals surface area (Å²) in [6.07, 6.45) is 4.82. The van der Waals surface area contributed by atoms with Crippen molar-refractivity contribution in [3.63, 3.8) is 0 Å². The number of fused-ring (bicyclic) bond motifs is 1. The van der Waals surface area contributed by atoms with E-state index < -0.39 is 0 Å². The van der Waals surface area contributed by atoms with E-state index in [1.165, 1.54) is 12.7 Å². The number of benzene rings is 1. The van der Waals surface area contributed by atoms with Crippen molar-refractivity contribution in [2.45, 2.75) is 13.0 Å². The summed E-state index contributed by atoms with van der Waals surface area (Å²) in [4.78, 5) is 18.2. The molecule has 5 heteroatoms. The number of anilines is 1. The van der Waals surface area contributed by atoms with Crippen LogP contribution in [-0.4, -0.2) is 29.2 Å². The normalized spacial score (nSPS) is 13.4. The molecular formula is C15H17N3O2. The first-order valence-corrected chi connectivity index (χ1v) is 6.60. The van der Waals surface area contributed by atoms with Crippen molar-refractivity contribution in [3.05, 3.63) is 47.5 Å². The lowest BCUT2D eigenvalue weighted by Gasteiger charge is -2.18. The van der Waals surface area contributed by atoms with Crippen LogP contribution in [0.2, 0.25) is 0 Å². The van der Waals surface area contributed by atoms with Gasteiger partial charge in [0.1, 0.15) is 0 Å². The van der Waals surface area contributed by atoms with Gasteiger partial charge in [0.15, 0.2) is 0 Å². The molecule has 0 fully saturated rings. The Labute approximate surface area is 117 Å². The van der Waals surface area contributed by atoms with Gasteiger partial charge in [-0.25, -0.2) is 9.78 Å². The van der Waals surface area contributed by atoms with E-state index in [4.69, 9.17) is 4.74 Å². The van der Waals surface area contributed by atoms with E-state index in [0.29, 0.717) is 5.56 Å². The molecule has 0 N–H and O–H groups in total. The van der Waals surface area contributed by atoms with Gasteiger partial charge in [0.25, 0.3) is 0 Å². The monoisotopic (exact) mass is 271 g/mol. The lowest BCUT2D eigenvalue weighted by Crippen LogP contribution is -2.20. The van der Waals surface area contributed by atoms with Crippen LogP contribution >= 0.6 is 0 Å². The molecule has 2 aromatic rings. The number of hydrogen-bond acceptors (Lipinski definition) is 4. The van der Waals surface area contributed by atoms with Gasteiger partial charge in [-0.15, -0.1) is 0 Å². The number of aromatic nitrogens is 2. The molecule has 1 aromatic heterocycles. The number of esters is 1. The molecule has 1 aliphatic heterocycles. The highest BCUT2D eigenvalue weighted by molar-refractivity contribution is 5.91. The lowest BCUT2D eigenvalue weighted by molar-refractivity contribution is 0.0601. The predicted octanol–water partition coefficient (Wildman–Crippen LogP) is 1.77. The summed E-state index contributed by atoms with van der Waals surface area (Å²) >= 11 is 0. The highest BCUT2D eigenvalue weighted by Crippen LogP contribution is 2.30. The number of carbonyl (C=O) groups excluding carboxylic acids is 1. The van der Waals surface area contributed by atoms with Gasteiger partial charge >= 0.3 is 5.97 Å². The molecule has 20 heavy (non-hydrogen) atoms. The zero-order valence-electron chi connectivity index (χ0n) is 11.7. The van der Waals surface area contributed by atoms with Gasteiger partial charge in [-0.05, 0) is 24.1 Å². The highest BCUT2D eigenvalue weighted by Gasteiger charge is 2.21. The van der Waals surface area contributed by atoms with Gasteiger partial charge in [-0.3, -0.25) is 0 Å². The van der Waals surface area contributed by atoms with Gasteiger partial charge in [0.05, 0.1) is 31.2 Å². The van der Waals surface area contributed by atoms with E-state index in [0.717, 1.165) is 30.9 Å². The smallest absolute Gasteiger partial charge is 0.337 e. The second-order valence-electron chi connectivity index (χ2n) is 5.04. The first-order valence-electron chi connectivity index (χ1n) is 6.60. The van der Waals surface area contributed by atoms with Crippen molar-refractivity contribution in [1.29, 1.82) is 0 Å². The molecule has 2 heterocycles. The predicted molar refractivity (Wildman–Crippen MR) is 75.7 cm³/mol. The Morgan fingerprint density at radius 1 is 1.45 bits per heavy atom. The average molecular weight is 271 g/mol. The van der Waals surface area contributed by atoms with Gasteiger partial charge in [0, 0.05) is 25.5 Å². The summed E-state index contributed by atoms with van der Waals surface area (Å²) in [6.45, 7) is 1.72. The maximum absolute atomic E-state index is 11.6. The Morgan fingerprint density at radius 3 is 3.00 bits per heavy atom. The molecule has 0 radical (unpaired) electrons. The van der Waals surface area contributed by atoms with Crippen molar-refractivity contribution >= 4 is 11.7 Å². The molecule has 0 unspecified atom stereocenters. The van der Waals surface area contributed by atoms with Gasteiger partial charge < -0.3 is 14.2 Å². The Hall–Kier alpha value is -2.30. The van der Waals surface area contributed by atoms with Gasteiger partial charge in [-0.1, -0.05) is 6.07 Å². The zero-order chi connectivity index (χ0) is 14.1. The van der Waals surface area contributed by atoms with Crippen molar-refractivity contribution in [2.75, 3.05) is 18.6 Å². The molecule has 5 nitrogen and oxygen atoms in total. The largest absolute Gasteiger partial charge is 0.465 e. The summed E-state index contributed by atoms with van der Waals surface area (Å²) in [5.41, 5.74) is 4.01. The van der Waals surface area contributed by atoms with E-state index in [1.54, 1.807) is 6.33 Å². The minimum atomic E-state index is -0.294. The number of aryl methyl sites for hydroxylation is 1.